The first-order valence-electron chi connectivity index (χ1n) is 6.51. The van der Waals surface area contributed by atoms with Crippen LogP contribution in [-0.2, 0) is 9.53 Å². The second-order valence-electron chi connectivity index (χ2n) is 5.59. The normalized spacial score (nSPS) is 24.1. The fourth-order valence-electron chi connectivity index (χ4n) is 2.57. The Balaban J connectivity index is 2.16. The highest BCUT2D eigenvalue weighted by Gasteiger charge is 2.61. The highest BCUT2D eigenvalue weighted by Crippen LogP contribution is 2.60. The zero-order valence-corrected chi connectivity index (χ0v) is 12.9. The number of hydrogen-bond acceptors (Lipinski definition) is 3. The van der Waals surface area contributed by atoms with Gasteiger partial charge in [-0.3, -0.25) is 4.79 Å². The third kappa shape index (κ3) is 2.68. The Labute approximate surface area is 124 Å². The summed E-state index contributed by atoms with van der Waals surface area (Å²) in [6, 6.07) is 7.53. The van der Waals surface area contributed by atoms with Crippen molar-refractivity contribution in [3.63, 3.8) is 0 Å². The molecule has 2 unspecified atom stereocenters. The standard InChI is InChI=1S/C16H19ClO3/c1-16(2)12(14(16)15(18)20-4)9-13(17)10-5-7-11(19-3)8-6-10/h5-9,12,14H,1-4H3. The molecule has 2 rings (SSSR count). The van der Waals surface area contributed by atoms with Crippen LogP contribution in [0.2, 0.25) is 0 Å². The molecule has 0 bridgehead atoms. The first-order valence-corrected chi connectivity index (χ1v) is 6.89. The number of rotatable bonds is 4. The zero-order chi connectivity index (χ0) is 14.9. The van der Waals surface area contributed by atoms with Gasteiger partial charge in [-0.2, -0.15) is 0 Å². The van der Waals surface area contributed by atoms with E-state index in [2.05, 4.69) is 0 Å². The predicted molar refractivity (Wildman–Crippen MR) is 79.6 cm³/mol. The summed E-state index contributed by atoms with van der Waals surface area (Å²) in [6.45, 7) is 4.10. The number of carbonyl (C=O) groups is 1. The summed E-state index contributed by atoms with van der Waals surface area (Å²) >= 11 is 6.35. The van der Waals surface area contributed by atoms with Gasteiger partial charge >= 0.3 is 5.97 Å². The Morgan fingerprint density at radius 1 is 1.25 bits per heavy atom. The Kier molecular flexibility index (Phi) is 4.09. The largest absolute Gasteiger partial charge is 0.497 e. The van der Waals surface area contributed by atoms with Gasteiger partial charge in [-0.15, -0.1) is 0 Å². The summed E-state index contributed by atoms with van der Waals surface area (Å²) in [7, 11) is 3.04. The first-order chi connectivity index (χ1) is 9.41. The van der Waals surface area contributed by atoms with E-state index in [-0.39, 0.29) is 23.2 Å². The van der Waals surface area contributed by atoms with E-state index in [1.807, 2.05) is 44.2 Å². The number of carbonyl (C=O) groups excluding carboxylic acids is 1. The van der Waals surface area contributed by atoms with Gasteiger partial charge in [0.25, 0.3) is 0 Å². The molecule has 0 radical (unpaired) electrons. The van der Waals surface area contributed by atoms with E-state index in [1.54, 1.807) is 7.11 Å². The highest BCUT2D eigenvalue weighted by atomic mass is 35.5. The second kappa shape index (κ2) is 5.49. The predicted octanol–water partition coefficient (Wildman–Crippen LogP) is 3.72. The molecule has 0 aromatic heterocycles. The lowest BCUT2D eigenvalue weighted by atomic mass is 10.1. The third-order valence-corrected chi connectivity index (χ3v) is 4.40. The number of allylic oxidation sites excluding steroid dienone is 1. The van der Waals surface area contributed by atoms with Crippen LogP contribution in [0.15, 0.2) is 30.3 Å². The summed E-state index contributed by atoms with van der Waals surface area (Å²) in [5, 5.41) is 0.650. The Hall–Kier alpha value is -1.48. The van der Waals surface area contributed by atoms with E-state index in [0.717, 1.165) is 11.3 Å². The average Bonchev–Trinajstić information content (AvgIpc) is 2.99. The molecule has 20 heavy (non-hydrogen) atoms. The number of hydrogen-bond donors (Lipinski definition) is 0. The molecule has 1 fully saturated rings. The summed E-state index contributed by atoms with van der Waals surface area (Å²) in [4.78, 5) is 11.7. The summed E-state index contributed by atoms with van der Waals surface area (Å²) in [5.74, 6) is 0.622. The minimum absolute atomic E-state index is 0.0975. The molecule has 0 aliphatic heterocycles. The molecule has 1 saturated carbocycles. The van der Waals surface area contributed by atoms with Crippen LogP contribution in [0.5, 0.6) is 5.75 Å². The molecular weight excluding hydrogens is 276 g/mol. The van der Waals surface area contributed by atoms with Gasteiger partial charge in [-0.1, -0.05) is 31.5 Å². The molecule has 1 aromatic carbocycles. The van der Waals surface area contributed by atoms with Crippen LogP contribution in [0.4, 0.5) is 0 Å². The van der Waals surface area contributed by atoms with Crippen LogP contribution in [0, 0.1) is 17.3 Å². The van der Waals surface area contributed by atoms with E-state index < -0.39 is 0 Å². The topological polar surface area (TPSA) is 35.5 Å². The molecule has 0 heterocycles. The van der Waals surface area contributed by atoms with Crippen LogP contribution in [0.3, 0.4) is 0 Å². The van der Waals surface area contributed by atoms with Crippen molar-refractivity contribution < 1.29 is 14.3 Å². The molecule has 0 N–H and O–H groups in total. The SMILES string of the molecule is COC(=O)C1C(C=C(Cl)c2ccc(OC)cc2)C1(C)C. The van der Waals surface area contributed by atoms with Gasteiger partial charge < -0.3 is 9.47 Å². The van der Waals surface area contributed by atoms with Crippen LogP contribution >= 0.6 is 11.6 Å². The lowest BCUT2D eigenvalue weighted by Gasteiger charge is -2.03. The molecule has 0 amide bonds. The van der Waals surface area contributed by atoms with Crippen LogP contribution in [0.25, 0.3) is 5.03 Å². The molecule has 4 heteroatoms. The van der Waals surface area contributed by atoms with E-state index in [1.165, 1.54) is 7.11 Å². The first kappa shape index (κ1) is 14.9. The van der Waals surface area contributed by atoms with Crippen molar-refractivity contribution in [1.82, 2.24) is 0 Å². The number of ether oxygens (including phenoxy) is 2. The number of methoxy groups -OCH3 is 2. The van der Waals surface area contributed by atoms with Gasteiger partial charge in [-0.25, -0.2) is 0 Å². The lowest BCUT2D eigenvalue weighted by Crippen LogP contribution is -2.07. The van der Waals surface area contributed by atoms with Crippen molar-refractivity contribution in [2.45, 2.75) is 13.8 Å². The molecule has 0 spiro atoms. The minimum atomic E-state index is -0.171. The number of halogens is 1. The van der Waals surface area contributed by atoms with Crippen molar-refractivity contribution in [2.75, 3.05) is 14.2 Å². The van der Waals surface area contributed by atoms with Crippen molar-refractivity contribution in [3.8, 4) is 5.75 Å². The summed E-state index contributed by atoms with van der Waals surface area (Å²) < 4.78 is 9.94. The van der Waals surface area contributed by atoms with Gasteiger partial charge in [0.15, 0.2) is 0 Å². The third-order valence-electron chi connectivity index (χ3n) is 4.06. The molecule has 1 aliphatic rings. The molecule has 2 atom stereocenters. The monoisotopic (exact) mass is 294 g/mol. The van der Waals surface area contributed by atoms with Crippen molar-refractivity contribution in [3.05, 3.63) is 35.9 Å². The van der Waals surface area contributed by atoms with Gasteiger partial charge in [0.05, 0.1) is 20.1 Å². The van der Waals surface area contributed by atoms with Crippen molar-refractivity contribution >= 4 is 22.6 Å². The van der Waals surface area contributed by atoms with Crippen LogP contribution in [-0.4, -0.2) is 20.2 Å². The van der Waals surface area contributed by atoms with E-state index in [9.17, 15) is 4.79 Å². The van der Waals surface area contributed by atoms with Gasteiger partial charge in [0, 0.05) is 5.03 Å². The van der Waals surface area contributed by atoms with Crippen molar-refractivity contribution in [2.24, 2.45) is 17.3 Å². The van der Waals surface area contributed by atoms with E-state index >= 15 is 0 Å². The Bertz CT molecular complexity index is 531. The molecular formula is C16H19ClO3. The van der Waals surface area contributed by atoms with E-state index in [4.69, 9.17) is 21.1 Å². The average molecular weight is 295 g/mol. The number of esters is 1. The highest BCUT2D eigenvalue weighted by molar-refractivity contribution is 6.48. The minimum Gasteiger partial charge on any atom is -0.497 e. The maximum Gasteiger partial charge on any atom is 0.309 e. The fourth-order valence-corrected chi connectivity index (χ4v) is 2.83. The Morgan fingerprint density at radius 2 is 1.85 bits per heavy atom. The number of benzene rings is 1. The summed E-state index contributed by atoms with van der Waals surface area (Å²) in [5.41, 5.74) is 0.818. The quantitative estimate of drug-likeness (QED) is 0.794. The molecule has 108 valence electrons. The molecule has 0 saturated heterocycles. The molecule has 1 aromatic rings. The molecule has 3 nitrogen and oxygen atoms in total. The zero-order valence-electron chi connectivity index (χ0n) is 12.1. The van der Waals surface area contributed by atoms with Crippen molar-refractivity contribution in [1.29, 1.82) is 0 Å². The Morgan fingerprint density at radius 3 is 2.35 bits per heavy atom. The van der Waals surface area contributed by atoms with Gasteiger partial charge in [0.2, 0.25) is 0 Å². The summed E-state index contributed by atoms with van der Waals surface area (Å²) in [6.07, 6.45) is 1.95. The van der Waals surface area contributed by atoms with Crippen LogP contribution in [0.1, 0.15) is 19.4 Å². The fraction of sp³-hybridized carbons (Fsp3) is 0.438. The van der Waals surface area contributed by atoms with Crippen LogP contribution < -0.4 is 4.74 Å². The lowest BCUT2D eigenvalue weighted by molar-refractivity contribution is -0.143. The maximum atomic E-state index is 11.7. The smallest absolute Gasteiger partial charge is 0.309 e. The van der Waals surface area contributed by atoms with E-state index in [0.29, 0.717) is 5.03 Å². The van der Waals surface area contributed by atoms with Gasteiger partial charge in [-0.05, 0) is 41.2 Å². The second-order valence-corrected chi connectivity index (χ2v) is 6.00. The van der Waals surface area contributed by atoms with Gasteiger partial charge in [0.1, 0.15) is 5.75 Å². The maximum absolute atomic E-state index is 11.7. The molecule has 1 aliphatic carbocycles.